The van der Waals surface area contributed by atoms with Gasteiger partial charge in [0.25, 0.3) is 5.91 Å². The molecule has 4 rings (SSSR count). The van der Waals surface area contributed by atoms with Crippen molar-refractivity contribution in [3.63, 3.8) is 0 Å². The second kappa shape index (κ2) is 7.05. The lowest BCUT2D eigenvalue weighted by molar-refractivity contribution is -0.386. The highest BCUT2D eigenvalue weighted by atomic mass is 16.6. The minimum absolute atomic E-state index is 0.0152. The number of nitro groups is 1. The van der Waals surface area contributed by atoms with Gasteiger partial charge in [0.1, 0.15) is 17.1 Å². The molecule has 2 aromatic rings. The number of furan rings is 1. The third kappa shape index (κ3) is 3.30. The molecule has 0 radical (unpaired) electrons. The van der Waals surface area contributed by atoms with Crippen LogP contribution in [0.15, 0.2) is 16.5 Å². The monoisotopic (exact) mass is 387 g/mol. The lowest BCUT2D eigenvalue weighted by Gasteiger charge is -2.36. The lowest BCUT2D eigenvalue weighted by atomic mass is 9.98. The van der Waals surface area contributed by atoms with Gasteiger partial charge in [0, 0.05) is 18.1 Å². The van der Waals surface area contributed by atoms with E-state index in [9.17, 15) is 14.9 Å². The number of hydrogen-bond donors (Lipinski definition) is 1. The van der Waals surface area contributed by atoms with Crippen LogP contribution in [0.2, 0.25) is 0 Å². The topological polar surface area (TPSA) is 106 Å². The Morgan fingerprint density at radius 3 is 2.61 bits per heavy atom. The molecule has 0 spiro atoms. The van der Waals surface area contributed by atoms with Crippen molar-refractivity contribution >= 4 is 11.6 Å². The average Bonchev–Trinajstić information content (AvgIpc) is 3.24. The molecule has 2 aromatic heterocycles. The Balaban J connectivity index is 1.41. The zero-order chi connectivity index (χ0) is 20.0. The summed E-state index contributed by atoms with van der Waals surface area (Å²) in [6.45, 7) is 3.51. The van der Waals surface area contributed by atoms with Crippen molar-refractivity contribution in [2.75, 3.05) is 7.05 Å². The van der Waals surface area contributed by atoms with E-state index in [1.165, 1.54) is 17.5 Å². The van der Waals surface area contributed by atoms with Gasteiger partial charge in [0.2, 0.25) is 0 Å². The maximum absolute atomic E-state index is 12.6. The van der Waals surface area contributed by atoms with Crippen LogP contribution in [0.25, 0.3) is 0 Å². The Bertz CT molecular complexity index is 904. The summed E-state index contributed by atoms with van der Waals surface area (Å²) in [5, 5.41) is 18.5. The molecule has 0 saturated carbocycles. The van der Waals surface area contributed by atoms with Gasteiger partial charge in [-0.2, -0.15) is 5.10 Å². The Morgan fingerprint density at radius 2 is 2.00 bits per heavy atom. The van der Waals surface area contributed by atoms with Crippen LogP contribution >= 0.6 is 0 Å². The van der Waals surface area contributed by atoms with Crippen LogP contribution in [-0.4, -0.2) is 50.7 Å². The summed E-state index contributed by atoms with van der Waals surface area (Å²) in [6.07, 6.45) is 4.35. The summed E-state index contributed by atoms with van der Waals surface area (Å²) >= 11 is 0. The molecular formula is C19H25N5O4. The van der Waals surface area contributed by atoms with E-state index in [4.69, 9.17) is 4.42 Å². The molecule has 2 saturated heterocycles. The zero-order valence-corrected chi connectivity index (χ0v) is 16.3. The summed E-state index contributed by atoms with van der Waals surface area (Å²) in [4.78, 5) is 25.7. The van der Waals surface area contributed by atoms with E-state index in [0.717, 1.165) is 12.8 Å². The molecule has 1 amide bonds. The van der Waals surface area contributed by atoms with Gasteiger partial charge in [-0.3, -0.25) is 19.6 Å². The van der Waals surface area contributed by atoms with Gasteiger partial charge in [-0.15, -0.1) is 0 Å². The molecule has 0 aromatic carbocycles. The van der Waals surface area contributed by atoms with Crippen LogP contribution in [-0.2, 0) is 6.54 Å². The molecule has 2 fully saturated rings. The fourth-order valence-electron chi connectivity index (χ4n) is 4.62. The number of hydrogen-bond acceptors (Lipinski definition) is 6. The smallest absolute Gasteiger partial charge is 0.312 e. The van der Waals surface area contributed by atoms with E-state index >= 15 is 0 Å². The van der Waals surface area contributed by atoms with Gasteiger partial charge < -0.3 is 14.6 Å². The largest absolute Gasteiger partial charge is 0.454 e. The van der Waals surface area contributed by atoms with Gasteiger partial charge in [-0.25, -0.2) is 0 Å². The summed E-state index contributed by atoms with van der Waals surface area (Å²) in [6, 6.07) is 4.65. The minimum Gasteiger partial charge on any atom is -0.454 e. The van der Waals surface area contributed by atoms with Crippen molar-refractivity contribution in [3.05, 3.63) is 45.2 Å². The number of nitrogens with one attached hydrogen (secondary N) is 1. The number of piperidine rings is 1. The van der Waals surface area contributed by atoms with E-state index in [1.54, 1.807) is 26.0 Å². The van der Waals surface area contributed by atoms with Gasteiger partial charge >= 0.3 is 5.69 Å². The second-order valence-electron chi connectivity index (χ2n) is 7.89. The molecule has 28 heavy (non-hydrogen) atoms. The Labute approximate surface area is 162 Å². The molecule has 0 unspecified atom stereocenters. The van der Waals surface area contributed by atoms with E-state index < -0.39 is 4.92 Å². The van der Waals surface area contributed by atoms with Crippen LogP contribution in [0.4, 0.5) is 5.69 Å². The van der Waals surface area contributed by atoms with Crippen LogP contribution in [0.3, 0.4) is 0 Å². The van der Waals surface area contributed by atoms with E-state index in [0.29, 0.717) is 29.2 Å². The summed E-state index contributed by atoms with van der Waals surface area (Å²) in [5.74, 6) is 0.589. The van der Waals surface area contributed by atoms with Crippen LogP contribution in [0.5, 0.6) is 0 Å². The van der Waals surface area contributed by atoms with Crippen molar-refractivity contribution in [2.24, 2.45) is 0 Å². The van der Waals surface area contributed by atoms with Crippen molar-refractivity contribution in [1.29, 1.82) is 0 Å². The third-order valence-corrected chi connectivity index (χ3v) is 6.15. The Morgan fingerprint density at radius 1 is 1.32 bits per heavy atom. The van der Waals surface area contributed by atoms with Crippen LogP contribution < -0.4 is 5.32 Å². The predicted molar refractivity (Wildman–Crippen MR) is 101 cm³/mol. The zero-order valence-electron chi connectivity index (χ0n) is 16.3. The number of amides is 1. The van der Waals surface area contributed by atoms with E-state index in [1.807, 2.05) is 0 Å². The molecule has 1 N–H and O–H groups in total. The van der Waals surface area contributed by atoms with Crippen molar-refractivity contribution in [1.82, 2.24) is 20.0 Å². The molecule has 150 valence electrons. The number of aromatic nitrogens is 2. The van der Waals surface area contributed by atoms with Crippen molar-refractivity contribution in [3.8, 4) is 0 Å². The van der Waals surface area contributed by atoms with Gasteiger partial charge in [-0.05, 0) is 58.7 Å². The van der Waals surface area contributed by atoms with Crippen LogP contribution in [0.1, 0.15) is 53.4 Å². The first-order valence-corrected chi connectivity index (χ1v) is 9.63. The van der Waals surface area contributed by atoms with Crippen molar-refractivity contribution < 1.29 is 14.1 Å². The van der Waals surface area contributed by atoms with E-state index in [-0.39, 0.29) is 29.9 Å². The molecule has 2 bridgehead atoms. The normalized spacial score (nSPS) is 24.5. The molecule has 0 aliphatic carbocycles. The highest BCUT2D eigenvalue weighted by Crippen LogP contribution is 2.34. The Kier molecular flexibility index (Phi) is 4.70. The fourth-order valence-corrected chi connectivity index (χ4v) is 4.62. The highest BCUT2D eigenvalue weighted by Gasteiger charge is 2.39. The molecule has 2 atom stereocenters. The maximum Gasteiger partial charge on any atom is 0.312 e. The van der Waals surface area contributed by atoms with E-state index in [2.05, 4.69) is 22.4 Å². The summed E-state index contributed by atoms with van der Waals surface area (Å²) in [7, 11) is 2.17. The first-order chi connectivity index (χ1) is 13.3. The molecule has 9 nitrogen and oxygen atoms in total. The van der Waals surface area contributed by atoms with Gasteiger partial charge in [0.15, 0.2) is 5.76 Å². The molecule has 2 aliphatic heterocycles. The third-order valence-electron chi connectivity index (χ3n) is 6.15. The van der Waals surface area contributed by atoms with Crippen molar-refractivity contribution in [2.45, 2.75) is 64.2 Å². The molecule has 4 heterocycles. The SMILES string of the molecule is Cc1nn(Cc2ccc(C(=O)NC3C[C@H]4CC[C@H](C3)N4C)o2)c(C)c1[N+](=O)[O-]. The number of rotatable bonds is 5. The van der Waals surface area contributed by atoms with Crippen LogP contribution in [0, 0.1) is 24.0 Å². The summed E-state index contributed by atoms with van der Waals surface area (Å²) in [5.41, 5.74) is 0.844. The molecular weight excluding hydrogens is 362 g/mol. The number of nitrogens with zero attached hydrogens (tertiary/aromatic N) is 4. The van der Waals surface area contributed by atoms with Gasteiger partial charge in [-0.1, -0.05) is 0 Å². The fraction of sp³-hybridized carbons (Fsp3) is 0.579. The standard InChI is InChI=1S/C19H25N5O4/c1-11-18(24(26)27)12(2)23(21-11)10-16-6-7-17(28-16)19(25)20-13-8-14-4-5-15(9-13)22(14)3/h6-7,13-15H,4-5,8-10H2,1-3H3,(H,20,25)/t14-,15-/m1/s1. The summed E-state index contributed by atoms with van der Waals surface area (Å²) < 4.78 is 7.22. The quantitative estimate of drug-likeness (QED) is 0.624. The molecule has 9 heteroatoms. The molecule has 2 aliphatic rings. The first kappa shape index (κ1) is 18.7. The number of carbonyl (C=O) groups excluding carboxylic acids is 1. The number of fused-ring (bicyclic) bond motifs is 2. The number of carbonyl (C=O) groups is 1. The maximum atomic E-state index is 12.6. The predicted octanol–water partition coefficient (Wildman–Crippen LogP) is 2.40. The van der Waals surface area contributed by atoms with Gasteiger partial charge in [0.05, 0.1) is 11.5 Å². The average molecular weight is 387 g/mol. The first-order valence-electron chi connectivity index (χ1n) is 9.63. The minimum atomic E-state index is -0.427. The second-order valence-corrected chi connectivity index (χ2v) is 7.89. The Hall–Kier alpha value is -2.68. The highest BCUT2D eigenvalue weighted by molar-refractivity contribution is 5.91. The number of aryl methyl sites for hydroxylation is 1. The lowest BCUT2D eigenvalue weighted by Crippen LogP contribution is -2.48.